The summed E-state index contributed by atoms with van der Waals surface area (Å²) in [5.41, 5.74) is 0.702. The lowest BCUT2D eigenvalue weighted by atomic mass is 10.1. The molecule has 1 aliphatic rings. The second kappa shape index (κ2) is 7.02. The van der Waals surface area contributed by atoms with Gasteiger partial charge in [-0.25, -0.2) is 9.78 Å². The molecule has 0 bridgehead atoms. The van der Waals surface area contributed by atoms with Crippen LogP contribution >= 0.6 is 11.3 Å². The summed E-state index contributed by atoms with van der Waals surface area (Å²) in [4.78, 5) is 28.4. The number of nitrogens with zero attached hydrogens (tertiary/aromatic N) is 1. The zero-order valence-corrected chi connectivity index (χ0v) is 13.3. The summed E-state index contributed by atoms with van der Waals surface area (Å²) in [6.07, 6.45) is 5.59. The summed E-state index contributed by atoms with van der Waals surface area (Å²) >= 11 is 1.40. The fourth-order valence-electron chi connectivity index (χ4n) is 2.21. The predicted octanol–water partition coefficient (Wildman–Crippen LogP) is 2.78. The molecule has 0 radical (unpaired) electrons. The van der Waals surface area contributed by atoms with E-state index in [0.29, 0.717) is 17.0 Å². The number of aryl methyl sites for hydroxylation is 1. The molecule has 2 rings (SSSR count). The monoisotopic (exact) mass is 310 g/mol. The number of amides is 1. The van der Waals surface area contributed by atoms with Crippen LogP contribution in [0.1, 0.15) is 59.4 Å². The summed E-state index contributed by atoms with van der Waals surface area (Å²) in [5, 5.41) is 12.8. The number of carbonyl (C=O) groups is 2. The van der Waals surface area contributed by atoms with Crippen LogP contribution in [0, 0.1) is 12.8 Å². The van der Waals surface area contributed by atoms with Crippen molar-refractivity contribution in [1.29, 1.82) is 0 Å². The molecule has 0 saturated heterocycles. The second-order valence-corrected chi connectivity index (χ2v) is 6.76. The smallest absolute Gasteiger partial charge is 0.326 e. The molecule has 1 fully saturated rings. The first-order valence-corrected chi connectivity index (χ1v) is 8.32. The van der Waals surface area contributed by atoms with E-state index in [1.54, 1.807) is 0 Å². The van der Waals surface area contributed by atoms with Gasteiger partial charge in [-0.15, -0.1) is 11.3 Å². The van der Waals surface area contributed by atoms with Crippen molar-refractivity contribution in [3.8, 4) is 0 Å². The average molecular weight is 310 g/mol. The molecule has 1 amide bonds. The van der Waals surface area contributed by atoms with Gasteiger partial charge in [-0.1, -0.05) is 19.8 Å². The van der Waals surface area contributed by atoms with E-state index in [-0.39, 0.29) is 5.91 Å². The van der Waals surface area contributed by atoms with Crippen molar-refractivity contribution in [3.63, 3.8) is 0 Å². The Balaban J connectivity index is 2.00. The molecule has 1 saturated carbocycles. The van der Waals surface area contributed by atoms with Crippen LogP contribution in [-0.4, -0.2) is 28.0 Å². The minimum Gasteiger partial charge on any atom is -0.480 e. The number of unbranched alkanes of at least 4 members (excludes halogenated alkanes) is 1. The van der Waals surface area contributed by atoms with E-state index >= 15 is 0 Å². The highest BCUT2D eigenvalue weighted by Gasteiger charge is 2.26. The minimum absolute atomic E-state index is 0.310. The van der Waals surface area contributed by atoms with Gasteiger partial charge in [0.2, 0.25) is 0 Å². The molecular formula is C15H22N2O3S. The lowest BCUT2D eigenvalue weighted by molar-refractivity contribution is -0.139. The zero-order valence-electron chi connectivity index (χ0n) is 12.5. The lowest BCUT2D eigenvalue weighted by Gasteiger charge is -2.13. The molecule has 2 N–H and O–H groups in total. The van der Waals surface area contributed by atoms with Gasteiger partial charge in [-0.2, -0.15) is 0 Å². The van der Waals surface area contributed by atoms with Crippen molar-refractivity contribution >= 4 is 23.2 Å². The summed E-state index contributed by atoms with van der Waals surface area (Å²) in [6.45, 7) is 3.81. The van der Waals surface area contributed by atoms with Crippen molar-refractivity contribution in [2.75, 3.05) is 0 Å². The van der Waals surface area contributed by atoms with Crippen LogP contribution < -0.4 is 5.32 Å². The quantitative estimate of drug-likeness (QED) is 0.774. The Kier molecular flexibility index (Phi) is 5.33. The van der Waals surface area contributed by atoms with Crippen molar-refractivity contribution in [2.24, 2.45) is 5.92 Å². The van der Waals surface area contributed by atoms with E-state index in [0.717, 1.165) is 30.2 Å². The van der Waals surface area contributed by atoms with Crippen LogP contribution in [0.15, 0.2) is 0 Å². The van der Waals surface area contributed by atoms with Crippen LogP contribution in [0.25, 0.3) is 0 Å². The first-order chi connectivity index (χ1) is 10.0. The fourth-order valence-corrected chi connectivity index (χ4v) is 3.29. The maximum absolute atomic E-state index is 12.3. The molecule has 5 nitrogen and oxygen atoms in total. The van der Waals surface area contributed by atoms with Gasteiger partial charge in [0.05, 0.1) is 10.7 Å². The molecule has 1 atom stereocenters. The number of aromatic nitrogens is 1. The second-order valence-electron chi connectivity index (χ2n) is 5.68. The van der Waals surface area contributed by atoms with Gasteiger partial charge in [0.15, 0.2) is 0 Å². The molecular weight excluding hydrogens is 288 g/mol. The number of hydrogen-bond donors (Lipinski definition) is 2. The Hall–Kier alpha value is -1.43. The molecule has 1 unspecified atom stereocenters. The number of carbonyl (C=O) groups excluding carboxylic acids is 1. The third-order valence-electron chi connectivity index (χ3n) is 3.66. The van der Waals surface area contributed by atoms with Gasteiger partial charge in [0, 0.05) is 6.42 Å². The number of nitrogens with one attached hydrogen (secondary N) is 1. The molecule has 1 aromatic rings. The number of rotatable bonds is 8. The number of hydrogen-bond acceptors (Lipinski definition) is 4. The van der Waals surface area contributed by atoms with E-state index in [2.05, 4.69) is 10.3 Å². The van der Waals surface area contributed by atoms with Gasteiger partial charge in [0.25, 0.3) is 5.91 Å². The maximum atomic E-state index is 12.3. The summed E-state index contributed by atoms with van der Waals surface area (Å²) in [7, 11) is 0. The number of carboxylic acid groups (broad SMARTS) is 1. The molecule has 1 heterocycles. The van der Waals surface area contributed by atoms with Crippen LogP contribution in [0.2, 0.25) is 0 Å². The number of aliphatic carboxylic acids is 1. The molecule has 0 aromatic carbocycles. The largest absolute Gasteiger partial charge is 0.480 e. The Labute approximate surface area is 128 Å². The molecule has 1 aliphatic carbocycles. The fraction of sp³-hybridized carbons (Fsp3) is 0.667. The maximum Gasteiger partial charge on any atom is 0.326 e. The Morgan fingerprint density at radius 2 is 2.19 bits per heavy atom. The molecule has 6 heteroatoms. The molecule has 116 valence electrons. The van der Waals surface area contributed by atoms with Gasteiger partial charge in [0.1, 0.15) is 10.9 Å². The van der Waals surface area contributed by atoms with Crippen molar-refractivity contribution in [3.05, 3.63) is 15.6 Å². The first-order valence-electron chi connectivity index (χ1n) is 7.51. The number of carboxylic acids is 1. The van der Waals surface area contributed by atoms with E-state index < -0.39 is 12.0 Å². The third-order valence-corrected chi connectivity index (χ3v) is 4.84. The highest BCUT2D eigenvalue weighted by atomic mass is 32.1. The molecule has 0 aliphatic heterocycles. The standard InChI is InChI=1S/C15H22N2O3S/c1-3-4-5-11(15(19)20)17-14(18)13-9(2)16-12(21-13)8-10-6-7-10/h10-11H,3-8H2,1-2H3,(H,17,18)(H,19,20). The normalized spacial score (nSPS) is 15.7. The minimum atomic E-state index is -0.975. The SMILES string of the molecule is CCCCC(NC(=O)c1sc(CC2CC2)nc1C)C(=O)O. The predicted molar refractivity (Wildman–Crippen MR) is 81.7 cm³/mol. The van der Waals surface area contributed by atoms with Crippen LogP contribution in [-0.2, 0) is 11.2 Å². The van der Waals surface area contributed by atoms with Crippen molar-refractivity contribution in [1.82, 2.24) is 10.3 Å². The zero-order chi connectivity index (χ0) is 15.4. The van der Waals surface area contributed by atoms with E-state index in [1.165, 1.54) is 24.2 Å². The van der Waals surface area contributed by atoms with E-state index in [9.17, 15) is 14.7 Å². The molecule has 0 spiro atoms. The Bertz CT molecular complexity index is 523. The van der Waals surface area contributed by atoms with E-state index in [1.807, 2.05) is 13.8 Å². The molecule has 21 heavy (non-hydrogen) atoms. The van der Waals surface area contributed by atoms with Crippen molar-refractivity contribution < 1.29 is 14.7 Å². The summed E-state index contributed by atoms with van der Waals surface area (Å²) < 4.78 is 0. The Morgan fingerprint density at radius 3 is 2.76 bits per heavy atom. The van der Waals surface area contributed by atoms with Crippen molar-refractivity contribution in [2.45, 2.75) is 58.4 Å². The Morgan fingerprint density at radius 1 is 1.48 bits per heavy atom. The highest BCUT2D eigenvalue weighted by Crippen LogP contribution is 2.34. The van der Waals surface area contributed by atoms with E-state index in [4.69, 9.17) is 0 Å². The third kappa shape index (κ3) is 4.52. The highest BCUT2D eigenvalue weighted by molar-refractivity contribution is 7.13. The topological polar surface area (TPSA) is 79.3 Å². The van der Waals surface area contributed by atoms with Crippen LogP contribution in [0.4, 0.5) is 0 Å². The average Bonchev–Trinajstić information content (AvgIpc) is 3.16. The summed E-state index contributed by atoms with van der Waals surface area (Å²) in [6, 6.07) is -0.814. The van der Waals surface area contributed by atoms with Crippen LogP contribution in [0.3, 0.4) is 0 Å². The van der Waals surface area contributed by atoms with Crippen LogP contribution in [0.5, 0.6) is 0 Å². The first kappa shape index (κ1) is 15.9. The van der Waals surface area contributed by atoms with Gasteiger partial charge in [-0.3, -0.25) is 4.79 Å². The van der Waals surface area contributed by atoms with Gasteiger partial charge in [-0.05, 0) is 32.1 Å². The molecule has 1 aromatic heterocycles. The van der Waals surface area contributed by atoms with Gasteiger partial charge < -0.3 is 10.4 Å². The summed E-state index contributed by atoms with van der Waals surface area (Å²) in [5.74, 6) is -0.560. The number of thiazole rings is 1. The lowest BCUT2D eigenvalue weighted by Crippen LogP contribution is -2.40. The van der Waals surface area contributed by atoms with Gasteiger partial charge >= 0.3 is 5.97 Å².